The molecule has 0 aromatic heterocycles. The van der Waals surface area contributed by atoms with Gasteiger partial charge in [0.25, 0.3) is 0 Å². The van der Waals surface area contributed by atoms with Crippen molar-refractivity contribution < 1.29 is 9.84 Å². The second-order valence-electron chi connectivity index (χ2n) is 1.52. The van der Waals surface area contributed by atoms with Gasteiger partial charge in [-0.2, -0.15) is 0 Å². The van der Waals surface area contributed by atoms with Crippen LogP contribution in [0.3, 0.4) is 0 Å². The van der Waals surface area contributed by atoms with Crippen molar-refractivity contribution in [2.75, 3.05) is 13.7 Å². The predicted molar refractivity (Wildman–Crippen MR) is 28.2 cm³/mol. The summed E-state index contributed by atoms with van der Waals surface area (Å²) in [5.74, 6) is 0. The molecule has 2 nitrogen and oxygen atoms in total. The molecule has 0 saturated carbocycles. The van der Waals surface area contributed by atoms with Gasteiger partial charge in [-0.15, -0.1) is 0 Å². The standard InChI is InChI=1S/C5H12O2/c1-3-5(6)4-7-2/h5-6H,3-4H2,1-2H3/t5-/m0/s1. The fourth-order valence-electron chi connectivity index (χ4n) is 0.310. The van der Waals surface area contributed by atoms with E-state index in [0.717, 1.165) is 6.42 Å². The van der Waals surface area contributed by atoms with Crippen LogP contribution in [0.1, 0.15) is 13.3 Å². The lowest BCUT2D eigenvalue weighted by atomic mass is 10.3. The summed E-state index contributed by atoms with van der Waals surface area (Å²) in [5.41, 5.74) is 0. The molecule has 7 heavy (non-hydrogen) atoms. The molecule has 0 aliphatic carbocycles. The van der Waals surface area contributed by atoms with Gasteiger partial charge in [0.1, 0.15) is 0 Å². The molecule has 0 aromatic rings. The van der Waals surface area contributed by atoms with Crippen LogP contribution in [0.15, 0.2) is 0 Å². The van der Waals surface area contributed by atoms with Gasteiger partial charge in [0.05, 0.1) is 12.7 Å². The van der Waals surface area contributed by atoms with Gasteiger partial charge in [-0.3, -0.25) is 0 Å². The van der Waals surface area contributed by atoms with Crippen LogP contribution in [0.4, 0.5) is 0 Å². The number of aliphatic hydroxyl groups is 1. The maximum Gasteiger partial charge on any atom is 0.0770 e. The number of hydrogen-bond acceptors (Lipinski definition) is 2. The molecule has 0 amide bonds. The second-order valence-corrected chi connectivity index (χ2v) is 1.52. The van der Waals surface area contributed by atoms with Crippen LogP contribution in [-0.2, 0) is 4.74 Å². The Labute approximate surface area is 44.1 Å². The van der Waals surface area contributed by atoms with Gasteiger partial charge < -0.3 is 9.84 Å². The van der Waals surface area contributed by atoms with Crippen LogP contribution < -0.4 is 0 Å². The number of aliphatic hydroxyl groups excluding tert-OH is 1. The molecule has 0 heterocycles. The van der Waals surface area contributed by atoms with E-state index in [4.69, 9.17) is 5.11 Å². The molecule has 1 atom stereocenters. The Hall–Kier alpha value is -0.0800. The fraction of sp³-hybridized carbons (Fsp3) is 1.00. The monoisotopic (exact) mass is 104 g/mol. The first-order chi connectivity index (χ1) is 3.31. The van der Waals surface area contributed by atoms with Crippen molar-refractivity contribution in [3.8, 4) is 0 Å². The third kappa shape index (κ3) is 3.76. The average Bonchev–Trinajstić information content (AvgIpc) is 1.68. The summed E-state index contributed by atoms with van der Waals surface area (Å²) in [6.45, 7) is 2.38. The van der Waals surface area contributed by atoms with E-state index in [1.807, 2.05) is 6.92 Å². The lowest BCUT2D eigenvalue weighted by Gasteiger charge is -2.02. The smallest absolute Gasteiger partial charge is 0.0770 e. The average molecular weight is 104 g/mol. The van der Waals surface area contributed by atoms with Gasteiger partial charge in [0.15, 0.2) is 0 Å². The Morgan fingerprint density at radius 1 is 1.71 bits per heavy atom. The van der Waals surface area contributed by atoms with Crippen molar-refractivity contribution in [3.05, 3.63) is 0 Å². The minimum atomic E-state index is -0.273. The highest BCUT2D eigenvalue weighted by Gasteiger charge is 1.95. The normalized spacial score (nSPS) is 14.1. The van der Waals surface area contributed by atoms with E-state index in [2.05, 4.69) is 4.74 Å². The van der Waals surface area contributed by atoms with Crippen LogP contribution in [0.5, 0.6) is 0 Å². The Morgan fingerprint density at radius 2 is 2.29 bits per heavy atom. The quantitative estimate of drug-likeness (QED) is 0.561. The topological polar surface area (TPSA) is 29.5 Å². The summed E-state index contributed by atoms with van der Waals surface area (Å²) in [7, 11) is 1.58. The Morgan fingerprint density at radius 3 is 2.43 bits per heavy atom. The molecule has 0 bridgehead atoms. The minimum Gasteiger partial charge on any atom is -0.391 e. The molecule has 1 N–H and O–H groups in total. The van der Waals surface area contributed by atoms with Gasteiger partial charge in [-0.1, -0.05) is 6.92 Å². The largest absolute Gasteiger partial charge is 0.391 e. The molecule has 0 aliphatic heterocycles. The van der Waals surface area contributed by atoms with Crippen LogP contribution in [-0.4, -0.2) is 24.9 Å². The number of hydrogen-bond donors (Lipinski definition) is 1. The zero-order chi connectivity index (χ0) is 5.70. The molecule has 0 saturated heterocycles. The van der Waals surface area contributed by atoms with Crippen molar-refractivity contribution >= 4 is 0 Å². The molecule has 2 heteroatoms. The molecular weight excluding hydrogens is 92.1 g/mol. The van der Waals surface area contributed by atoms with E-state index in [-0.39, 0.29) is 6.10 Å². The maximum absolute atomic E-state index is 8.73. The predicted octanol–water partition coefficient (Wildman–Crippen LogP) is 0.404. The van der Waals surface area contributed by atoms with E-state index >= 15 is 0 Å². The van der Waals surface area contributed by atoms with E-state index in [0.29, 0.717) is 6.61 Å². The molecule has 0 radical (unpaired) electrons. The van der Waals surface area contributed by atoms with E-state index < -0.39 is 0 Å². The molecule has 0 unspecified atom stereocenters. The third-order valence-electron chi connectivity index (χ3n) is 0.830. The van der Waals surface area contributed by atoms with Crippen molar-refractivity contribution in [3.63, 3.8) is 0 Å². The number of rotatable bonds is 3. The molecule has 0 fully saturated rings. The summed E-state index contributed by atoms with van der Waals surface area (Å²) >= 11 is 0. The van der Waals surface area contributed by atoms with E-state index in [1.165, 1.54) is 0 Å². The van der Waals surface area contributed by atoms with Crippen LogP contribution >= 0.6 is 0 Å². The third-order valence-corrected chi connectivity index (χ3v) is 0.830. The molecule has 0 spiro atoms. The van der Waals surface area contributed by atoms with Crippen molar-refractivity contribution in [1.29, 1.82) is 0 Å². The highest BCUT2D eigenvalue weighted by molar-refractivity contribution is 4.45. The van der Waals surface area contributed by atoms with Gasteiger partial charge in [-0.25, -0.2) is 0 Å². The van der Waals surface area contributed by atoms with Gasteiger partial charge >= 0.3 is 0 Å². The van der Waals surface area contributed by atoms with Crippen molar-refractivity contribution in [2.45, 2.75) is 19.4 Å². The Kier molecular flexibility index (Phi) is 4.04. The zero-order valence-electron chi connectivity index (χ0n) is 4.85. The van der Waals surface area contributed by atoms with Gasteiger partial charge in [-0.05, 0) is 6.42 Å². The summed E-state index contributed by atoms with van der Waals surface area (Å²) < 4.78 is 4.64. The highest BCUT2D eigenvalue weighted by Crippen LogP contribution is 1.87. The lowest BCUT2D eigenvalue weighted by molar-refractivity contribution is 0.0625. The van der Waals surface area contributed by atoms with Crippen LogP contribution in [0.2, 0.25) is 0 Å². The number of methoxy groups -OCH3 is 1. The Balaban J connectivity index is 2.83. The highest BCUT2D eigenvalue weighted by atomic mass is 16.5. The first-order valence-corrected chi connectivity index (χ1v) is 2.48. The first kappa shape index (κ1) is 6.92. The van der Waals surface area contributed by atoms with E-state index in [9.17, 15) is 0 Å². The molecule has 0 aromatic carbocycles. The zero-order valence-corrected chi connectivity index (χ0v) is 4.85. The summed E-state index contributed by atoms with van der Waals surface area (Å²) in [5, 5.41) is 8.73. The van der Waals surface area contributed by atoms with Gasteiger partial charge in [0, 0.05) is 7.11 Å². The summed E-state index contributed by atoms with van der Waals surface area (Å²) in [6, 6.07) is 0. The maximum atomic E-state index is 8.73. The number of ether oxygens (including phenoxy) is 1. The second kappa shape index (κ2) is 4.09. The SMILES string of the molecule is CC[C@H](O)COC. The van der Waals surface area contributed by atoms with Crippen LogP contribution in [0, 0.1) is 0 Å². The summed E-state index contributed by atoms with van der Waals surface area (Å²) in [6.07, 6.45) is 0.499. The minimum absolute atomic E-state index is 0.273. The lowest BCUT2D eigenvalue weighted by Crippen LogP contribution is -2.11. The van der Waals surface area contributed by atoms with Crippen molar-refractivity contribution in [2.24, 2.45) is 0 Å². The molecular formula is C5H12O2. The van der Waals surface area contributed by atoms with Gasteiger partial charge in [0.2, 0.25) is 0 Å². The van der Waals surface area contributed by atoms with Crippen molar-refractivity contribution in [1.82, 2.24) is 0 Å². The molecule has 0 rings (SSSR count). The summed E-state index contributed by atoms with van der Waals surface area (Å²) in [4.78, 5) is 0. The molecule has 0 aliphatic rings. The van der Waals surface area contributed by atoms with Crippen LogP contribution in [0.25, 0.3) is 0 Å². The fourth-order valence-corrected chi connectivity index (χ4v) is 0.310. The van der Waals surface area contributed by atoms with E-state index in [1.54, 1.807) is 7.11 Å². The Bertz CT molecular complexity index is 37.1. The first-order valence-electron chi connectivity index (χ1n) is 2.48. The molecule has 44 valence electrons.